The molecule has 1 saturated carbocycles. The van der Waals surface area contributed by atoms with Gasteiger partial charge in [0.1, 0.15) is 11.4 Å². The maximum absolute atomic E-state index is 12.2. The van der Waals surface area contributed by atoms with Crippen molar-refractivity contribution in [2.24, 2.45) is 5.92 Å². The van der Waals surface area contributed by atoms with Gasteiger partial charge in [0.05, 0.1) is 18.5 Å². The molecule has 1 aliphatic carbocycles. The maximum Gasteiger partial charge on any atom is 0.227 e. The summed E-state index contributed by atoms with van der Waals surface area (Å²) in [5.74, 6) is 1.01. The lowest BCUT2D eigenvalue weighted by Gasteiger charge is -2.24. The lowest BCUT2D eigenvalue weighted by molar-refractivity contribution is -0.122. The highest BCUT2D eigenvalue weighted by atomic mass is 16.5. The molecule has 0 aliphatic heterocycles. The van der Waals surface area contributed by atoms with Gasteiger partial charge in [0, 0.05) is 11.5 Å². The fraction of sp³-hybridized carbons (Fsp3) is 0.375. The highest BCUT2D eigenvalue weighted by Crippen LogP contribution is 2.33. The number of anilines is 1. The Kier molecular flexibility index (Phi) is 3.64. The van der Waals surface area contributed by atoms with Crippen LogP contribution in [0, 0.1) is 12.8 Å². The molecule has 1 fully saturated rings. The van der Waals surface area contributed by atoms with Crippen molar-refractivity contribution in [3.63, 3.8) is 0 Å². The molecule has 0 unspecified atom stereocenters. The molecule has 2 aromatic rings. The molecule has 0 radical (unpaired) electrons. The molecule has 0 bridgehead atoms. The fourth-order valence-corrected chi connectivity index (χ4v) is 2.46. The van der Waals surface area contributed by atoms with E-state index in [1.165, 1.54) is 0 Å². The number of nitrogens with one attached hydrogen (secondary N) is 2. The summed E-state index contributed by atoms with van der Waals surface area (Å²) in [7, 11) is 1.63. The monoisotopic (exact) mass is 285 g/mol. The molecule has 1 aromatic heterocycles. The van der Waals surface area contributed by atoms with Crippen LogP contribution in [0.3, 0.4) is 0 Å². The van der Waals surface area contributed by atoms with Crippen LogP contribution in [0.25, 0.3) is 11.3 Å². The van der Waals surface area contributed by atoms with Gasteiger partial charge in [0.15, 0.2) is 0 Å². The minimum Gasteiger partial charge on any atom is -0.497 e. The zero-order chi connectivity index (χ0) is 14.8. The van der Waals surface area contributed by atoms with Crippen LogP contribution in [0.1, 0.15) is 25.0 Å². The van der Waals surface area contributed by atoms with Gasteiger partial charge < -0.3 is 10.1 Å². The van der Waals surface area contributed by atoms with Crippen LogP contribution in [-0.4, -0.2) is 23.2 Å². The molecule has 5 nitrogen and oxygen atoms in total. The summed E-state index contributed by atoms with van der Waals surface area (Å²) < 4.78 is 5.24. The predicted molar refractivity (Wildman–Crippen MR) is 81.3 cm³/mol. The average molecular weight is 285 g/mol. The molecule has 110 valence electrons. The first kappa shape index (κ1) is 13.7. The number of rotatable bonds is 4. The highest BCUT2D eigenvalue weighted by Gasteiger charge is 2.26. The second-order valence-electron chi connectivity index (χ2n) is 5.42. The lowest BCUT2D eigenvalue weighted by Crippen LogP contribution is -2.28. The van der Waals surface area contributed by atoms with Gasteiger partial charge in [-0.3, -0.25) is 9.89 Å². The Labute approximate surface area is 123 Å². The van der Waals surface area contributed by atoms with E-state index in [0.717, 1.165) is 47.7 Å². The smallest absolute Gasteiger partial charge is 0.227 e. The normalized spacial score (nSPS) is 14.6. The van der Waals surface area contributed by atoms with Crippen molar-refractivity contribution in [3.8, 4) is 17.0 Å². The van der Waals surface area contributed by atoms with Crippen molar-refractivity contribution in [2.75, 3.05) is 12.4 Å². The molecule has 1 amide bonds. The number of nitrogens with zero attached hydrogens (tertiary/aromatic N) is 1. The highest BCUT2D eigenvalue weighted by molar-refractivity contribution is 5.97. The SMILES string of the molecule is COc1cccc(-c2n[nH]c(C)c2NC(=O)C2CCC2)c1. The summed E-state index contributed by atoms with van der Waals surface area (Å²) in [6, 6.07) is 7.66. The van der Waals surface area contributed by atoms with E-state index in [4.69, 9.17) is 4.74 Å². The van der Waals surface area contributed by atoms with Crippen LogP contribution in [0.4, 0.5) is 5.69 Å². The summed E-state index contributed by atoms with van der Waals surface area (Å²) in [5.41, 5.74) is 3.29. The van der Waals surface area contributed by atoms with E-state index in [-0.39, 0.29) is 11.8 Å². The minimum atomic E-state index is 0.0925. The van der Waals surface area contributed by atoms with Crippen LogP contribution in [0.5, 0.6) is 5.75 Å². The van der Waals surface area contributed by atoms with Crippen molar-refractivity contribution < 1.29 is 9.53 Å². The molecular weight excluding hydrogens is 266 g/mol. The van der Waals surface area contributed by atoms with E-state index >= 15 is 0 Å². The van der Waals surface area contributed by atoms with Crippen molar-refractivity contribution >= 4 is 11.6 Å². The molecule has 21 heavy (non-hydrogen) atoms. The van der Waals surface area contributed by atoms with Gasteiger partial charge in [0.25, 0.3) is 0 Å². The Morgan fingerprint density at radius 3 is 2.90 bits per heavy atom. The number of benzene rings is 1. The number of aryl methyl sites for hydroxylation is 1. The van der Waals surface area contributed by atoms with Crippen molar-refractivity contribution in [1.82, 2.24) is 10.2 Å². The van der Waals surface area contributed by atoms with Crippen molar-refractivity contribution in [2.45, 2.75) is 26.2 Å². The summed E-state index contributed by atoms with van der Waals surface area (Å²) in [4.78, 5) is 12.2. The number of aromatic nitrogens is 2. The predicted octanol–water partition coefficient (Wildman–Crippen LogP) is 3.13. The molecule has 1 aromatic carbocycles. The lowest BCUT2D eigenvalue weighted by atomic mass is 9.85. The van der Waals surface area contributed by atoms with E-state index in [9.17, 15) is 4.79 Å². The molecule has 3 rings (SSSR count). The van der Waals surface area contributed by atoms with Crippen LogP contribution in [0.2, 0.25) is 0 Å². The number of amides is 1. The van der Waals surface area contributed by atoms with Gasteiger partial charge in [0.2, 0.25) is 5.91 Å². The Hall–Kier alpha value is -2.30. The fourth-order valence-electron chi connectivity index (χ4n) is 2.46. The first-order valence-electron chi connectivity index (χ1n) is 7.19. The molecule has 1 aliphatic rings. The van der Waals surface area contributed by atoms with Crippen molar-refractivity contribution in [1.29, 1.82) is 0 Å². The Balaban J connectivity index is 1.90. The standard InChI is InChI=1S/C16H19N3O2/c1-10-14(17-16(20)11-5-3-6-11)15(19-18-10)12-7-4-8-13(9-12)21-2/h4,7-9,11H,3,5-6H2,1-2H3,(H,17,20)(H,18,19). The first-order chi connectivity index (χ1) is 10.2. The van der Waals surface area contributed by atoms with Crippen molar-refractivity contribution in [3.05, 3.63) is 30.0 Å². The summed E-state index contributed by atoms with van der Waals surface area (Å²) in [5, 5.41) is 10.3. The van der Waals surface area contributed by atoms with Crippen LogP contribution in [-0.2, 0) is 4.79 Å². The molecule has 0 spiro atoms. The minimum absolute atomic E-state index is 0.0925. The zero-order valence-electron chi connectivity index (χ0n) is 12.3. The third-order valence-corrected chi connectivity index (χ3v) is 4.01. The quantitative estimate of drug-likeness (QED) is 0.907. The second kappa shape index (κ2) is 5.60. The summed E-state index contributed by atoms with van der Waals surface area (Å²) in [6.07, 6.45) is 3.11. The Morgan fingerprint density at radius 2 is 2.24 bits per heavy atom. The molecule has 5 heteroatoms. The number of methoxy groups -OCH3 is 1. The number of carbonyl (C=O) groups excluding carboxylic acids is 1. The van der Waals surface area contributed by atoms with E-state index in [2.05, 4.69) is 15.5 Å². The third kappa shape index (κ3) is 2.63. The van der Waals surface area contributed by atoms with Gasteiger partial charge in [-0.1, -0.05) is 18.6 Å². The maximum atomic E-state index is 12.2. The summed E-state index contributed by atoms with van der Waals surface area (Å²) in [6.45, 7) is 1.91. The molecular formula is C16H19N3O2. The molecule has 0 saturated heterocycles. The van der Waals surface area contributed by atoms with E-state index in [1.807, 2.05) is 31.2 Å². The molecule has 2 N–H and O–H groups in total. The van der Waals surface area contributed by atoms with Gasteiger partial charge in [-0.25, -0.2) is 0 Å². The van der Waals surface area contributed by atoms with Crippen LogP contribution < -0.4 is 10.1 Å². The largest absolute Gasteiger partial charge is 0.497 e. The zero-order valence-corrected chi connectivity index (χ0v) is 12.3. The Bertz CT molecular complexity index is 659. The first-order valence-corrected chi connectivity index (χ1v) is 7.19. The van der Waals surface area contributed by atoms with E-state index < -0.39 is 0 Å². The van der Waals surface area contributed by atoms with Gasteiger partial charge in [-0.2, -0.15) is 5.10 Å². The molecule has 0 atom stereocenters. The summed E-state index contributed by atoms with van der Waals surface area (Å²) >= 11 is 0. The Morgan fingerprint density at radius 1 is 1.43 bits per heavy atom. The van der Waals surface area contributed by atoms with E-state index in [0.29, 0.717) is 0 Å². The topological polar surface area (TPSA) is 67.0 Å². The number of carbonyl (C=O) groups is 1. The number of hydrogen-bond donors (Lipinski definition) is 2. The van der Waals surface area contributed by atoms with Crippen LogP contribution in [0.15, 0.2) is 24.3 Å². The molecule has 1 heterocycles. The van der Waals surface area contributed by atoms with Crippen LogP contribution >= 0.6 is 0 Å². The number of hydrogen-bond acceptors (Lipinski definition) is 3. The number of aromatic amines is 1. The second-order valence-corrected chi connectivity index (χ2v) is 5.42. The van der Waals surface area contributed by atoms with Gasteiger partial charge >= 0.3 is 0 Å². The van der Waals surface area contributed by atoms with E-state index in [1.54, 1.807) is 7.11 Å². The number of ether oxygens (including phenoxy) is 1. The van der Waals surface area contributed by atoms with Gasteiger partial charge in [-0.15, -0.1) is 0 Å². The van der Waals surface area contributed by atoms with Gasteiger partial charge in [-0.05, 0) is 31.9 Å². The average Bonchev–Trinajstić information content (AvgIpc) is 2.78. The number of H-pyrrole nitrogens is 1. The third-order valence-electron chi connectivity index (χ3n) is 4.01.